The zero-order valence-corrected chi connectivity index (χ0v) is 15.6. The van der Waals surface area contributed by atoms with Gasteiger partial charge in [0.05, 0.1) is 11.7 Å². The summed E-state index contributed by atoms with van der Waals surface area (Å²) in [4.78, 5) is 17.8. The van der Waals surface area contributed by atoms with E-state index in [1.165, 1.54) is 0 Å². The third-order valence-electron chi connectivity index (χ3n) is 4.95. The van der Waals surface area contributed by atoms with Gasteiger partial charge >= 0.3 is 6.18 Å². The molecule has 0 aliphatic carbocycles. The Bertz CT molecular complexity index is 660. The van der Waals surface area contributed by atoms with E-state index in [2.05, 4.69) is 10.3 Å². The van der Waals surface area contributed by atoms with Crippen molar-refractivity contribution in [3.63, 3.8) is 0 Å². The largest absolute Gasteiger partial charge is 0.419 e. The van der Waals surface area contributed by atoms with E-state index in [9.17, 15) is 18.0 Å². The van der Waals surface area contributed by atoms with Crippen LogP contribution < -0.4 is 20.1 Å². The number of nitrogens with zero attached hydrogens (tertiary/aromatic N) is 1. The fraction of sp³-hybridized carbons (Fsp3) is 0.647. The first-order chi connectivity index (χ1) is 12.8. The normalized spacial score (nSPS) is 21.5. The van der Waals surface area contributed by atoms with Gasteiger partial charge in [-0.3, -0.25) is 4.79 Å². The minimum Gasteiger partial charge on any atom is -0.376 e. The molecule has 2 fully saturated rings. The van der Waals surface area contributed by atoms with Crippen LogP contribution in [-0.2, 0) is 15.7 Å². The maximum atomic E-state index is 12.7. The number of H-pyrrole nitrogens is 1. The molecule has 0 bridgehead atoms. The Morgan fingerprint density at radius 2 is 2.15 bits per heavy atom. The van der Waals surface area contributed by atoms with E-state index in [-0.39, 0.29) is 17.0 Å². The van der Waals surface area contributed by atoms with Gasteiger partial charge < -0.3 is 15.0 Å². The van der Waals surface area contributed by atoms with Gasteiger partial charge in [0.1, 0.15) is 37.4 Å². The molecule has 6 nitrogen and oxygen atoms in total. The maximum Gasteiger partial charge on any atom is 0.419 e. The first-order valence-electron chi connectivity index (χ1n) is 9.08. The molecule has 2 aliphatic heterocycles. The van der Waals surface area contributed by atoms with Crippen molar-refractivity contribution in [2.24, 2.45) is 0 Å². The predicted octanol–water partition coefficient (Wildman–Crippen LogP) is 0.173. The Kier molecular flexibility index (Phi) is 6.44. The first kappa shape index (κ1) is 20.2. The average Bonchev–Trinajstić information content (AvgIpc) is 3.13. The molecule has 10 heteroatoms. The number of piperazine rings is 1. The maximum absolute atomic E-state index is 12.7. The zero-order chi connectivity index (χ0) is 19.4. The highest BCUT2D eigenvalue weighted by molar-refractivity contribution is 6.32. The van der Waals surface area contributed by atoms with E-state index >= 15 is 0 Å². The lowest BCUT2D eigenvalue weighted by Gasteiger charge is -2.28. The lowest BCUT2D eigenvalue weighted by Crippen LogP contribution is -3.16. The highest BCUT2D eigenvalue weighted by Gasteiger charge is 2.35. The highest BCUT2D eigenvalue weighted by Crippen LogP contribution is 2.31. The average molecular weight is 409 g/mol. The third kappa shape index (κ3) is 5.46. The Hall–Kier alpha value is -1.58. The fourth-order valence-electron chi connectivity index (χ4n) is 3.41. The molecular formula is C17H24ClF3N4O2+2. The molecular weight excluding hydrogens is 385 g/mol. The van der Waals surface area contributed by atoms with E-state index in [4.69, 9.17) is 16.3 Å². The summed E-state index contributed by atoms with van der Waals surface area (Å²) in [6.07, 6.45) is -1.36. The van der Waals surface area contributed by atoms with Crippen molar-refractivity contribution >= 4 is 23.3 Å². The van der Waals surface area contributed by atoms with E-state index in [1.54, 1.807) is 0 Å². The van der Waals surface area contributed by atoms with E-state index in [1.807, 2.05) is 4.90 Å². The molecule has 0 unspecified atom stereocenters. The van der Waals surface area contributed by atoms with Crippen LogP contribution in [-0.4, -0.2) is 57.9 Å². The molecule has 1 aromatic heterocycles. The predicted molar refractivity (Wildman–Crippen MR) is 92.8 cm³/mol. The smallest absolute Gasteiger partial charge is 0.376 e. The van der Waals surface area contributed by atoms with Crippen LogP contribution in [0.15, 0.2) is 12.3 Å². The number of aromatic nitrogens is 1. The van der Waals surface area contributed by atoms with Crippen LogP contribution in [0.3, 0.4) is 0 Å². The molecule has 3 rings (SSSR count). The summed E-state index contributed by atoms with van der Waals surface area (Å²) < 4.78 is 43.7. The number of hydrogen-bond donors (Lipinski definition) is 2. The zero-order valence-electron chi connectivity index (χ0n) is 14.9. The molecule has 2 saturated heterocycles. The van der Waals surface area contributed by atoms with Gasteiger partial charge in [0, 0.05) is 13.2 Å². The second-order valence-corrected chi connectivity index (χ2v) is 7.34. The second-order valence-electron chi connectivity index (χ2n) is 6.94. The molecule has 27 heavy (non-hydrogen) atoms. The fourth-order valence-corrected chi connectivity index (χ4v) is 3.71. The van der Waals surface area contributed by atoms with Crippen molar-refractivity contribution in [3.8, 4) is 0 Å². The molecule has 0 spiro atoms. The van der Waals surface area contributed by atoms with Crippen molar-refractivity contribution in [3.05, 3.63) is 22.8 Å². The molecule has 0 radical (unpaired) electrons. The van der Waals surface area contributed by atoms with Crippen LogP contribution >= 0.6 is 11.6 Å². The van der Waals surface area contributed by atoms with Gasteiger partial charge in [0.2, 0.25) is 0 Å². The van der Waals surface area contributed by atoms with Crippen LogP contribution in [0.1, 0.15) is 18.4 Å². The number of anilines is 1. The Morgan fingerprint density at radius 3 is 2.74 bits per heavy atom. The summed E-state index contributed by atoms with van der Waals surface area (Å²) in [5.74, 6) is 0.472. The van der Waals surface area contributed by atoms with Crippen molar-refractivity contribution in [1.82, 2.24) is 5.32 Å². The lowest BCUT2D eigenvalue weighted by molar-refractivity contribution is -0.892. The summed E-state index contributed by atoms with van der Waals surface area (Å²) in [7, 11) is 0. The number of amides is 1. The SMILES string of the molecule is O=C(C[NH+]1CCN(c2[nH+]cc(C(F)(F)F)cc2Cl)CC1)NC[C@@H]1CCCO1. The lowest BCUT2D eigenvalue weighted by atomic mass is 10.2. The van der Waals surface area contributed by atoms with Gasteiger partial charge in [-0.05, 0) is 18.9 Å². The standard InChI is InChI=1S/C17H22ClF3N4O2/c18-14-8-12(17(19,20)21)9-23-16(14)25-5-3-24(4-6-25)11-15(26)22-10-13-2-1-7-27-13/h8-9,13H,1-7,10-11H2,(H,22,26)/p+2/t13-/m0/s1. The number of nitrogens with one attached hydrogen (secondary N) is 3. The number of pyridine rings is 1. The third-order valence-corrected chi connectivity index (χ3v) is 5.24. The number of hydrogen-bond acceptors (Lipinski definition) is 3. The van der Waals surface area contributed by atoms with Crippen LogP contribution in [0.5, 0.6) is 0 Å². The monoisotopic (exact) mass is 408 g/mol. The summed E-state index contributed by atoms with van der Waals surface area (Å²) in [6, 6.07) is 0.936. The van der Waals surface area contributed by atoms with E-state index in [0.717, 1.165) is 36.6 Å². The van der Waals surface area contributed by atoms with Gasteiger partial charge in [0.25, 0.3) is 11.7 Å². The van der Waals surface area contributed by atoms with Crippen molar-refractivity contribution < 1.29 is 32.6 Å². The van der Waals surface area contributed by atoms with Crippen molar-refractivity contribution in [2.75, 3.05) is 50.8 Å². The van der Waals surface area contributed by atoms with Crippen LogP contribution in [0.25, 0.3) is 0 Å². The Labute approximate surface area is 160 Å². The number of alkyl halides is 3. The summed E-state index contributed by atoms with van der Waals surface area (Å²) >= 11 is 6.04. The van der Waals surface area contributed by atoms with Gasteiger partial charge in [-0.25, -0.2) is 9.88 Å². The number of carbonyl (C=O) groups is 1. The molecule has 3 N–H and O–H groups in total. The van der Waals surface area contributed by atoms with Gasteiger partial charge in [-0.2, -0.15) is 13.2 Å². The molecule has 0 aromatic carbocycles. The number of aromatic amines is 1. The first-order valence-corrected chi connectivity index (χ1v) is 9.46. The molecule has 1 atom stereocenters. The van der Waals surface area contributed by atoms with Gasteiger partial charge in [-0.1, -0.05) is 11.6 Å². The van der Waals surface area contributed by atoms with Crippen molar-refractivity contribution in [1.29, 1.82) is 0 Å². The molecule has 1 amide bonds. The topological polar surface area (TPSA) is 60.2 Å². The van der Waals surface area contributed by atoms with Crippen molar-refractivity contribution in [2.45, 2.75) is 25.1 Å². The molecule has 3 heterocycles. The van der Waals surface area contributed by atoms with Gasteiger partial charge in [0.15, 0.2) is 6.54 Å². The summed E-state index contributed by atoms with van der Waals surface area (Å²) in [5, 5.41) is 2.96. The Morgan fingerprint density at radius 1 is 1.41 bits per heavy atom. The van der Waals surface area contributed by atoms with Crippen LogP contribution in [0.4, 0.5) is 19.0 Å². The second kappa shape index (κ2) is 8.62. The Balaban J connectivity index is 1.46. The number of rotatable bonds is 5. The molecule has 0 saturated carbocycles. The van der Waals surface area contributed by atoms with E-state index < -0.39 is 11.7 Å². The minimum absolute atomic E-state index is 0.00641. The molecule has 150 valence electrons. The van der Waals surface area contributed by atoms with Crippen LogP contribution in [0.2, 0.25) is 5.02 Å². The molecule has 2 aliphatic rings. The number of halogens is 4. The number of ether oxygens (including phenoxy) is 1. The quantitative estimate of drug-likeness (QED) is 0.730. The summed E-state index contributed by atoms with van der Waals surface area (Å²) in [6.45, 7) is 4.32. The number of carbonyl (C=O) groups excluding carboxylic acids is 1. The van der Waals surface area contributed by atoms with E-state index in [0.29, 0.717) is 45.1 Å². The van der Waals surface area contributed by atoms with Gasteiger partial charge in [-0.15, -0.1) is 0 Å². The minimum atomic E-state index is -4.43. The summed E-state index contributed by atoms with van der Waals surface area (Å²) in [5.41, 5.74) is -0.802. The number of quaternary nitrogens is 1. The molecule has 1 aromatic rings. The highest BCUT2D eigenvalue weighted by atomic mass is 35.5. The van der Waals surface area contributed by atoms with Crippen LogP contribution in [0, 0.1) is 0 Å².